The molecule has 0 N–H and O–H groups in total. The van der Waals surface area contributed by atoms with Crippen LogP contribution in [0, 0.1) is 6.92 Å². The zero-order chi connectivity index (χ0) is 24.0. The van der Waals surface area contributed by atoms with E-state index < -0.39 is 0 Å². The van der Waals surface area contributed by atoms with Gasteiger partial charge in [0, 0.05) is 27.5 Å². The van der Waals surface area contributed by atoms with Gasteiger partial charge in [0.2, 0.25) is 0 Å². The van der Waals surface area contributed by atoms with Crippen molar-refractivity contribution in [1.82, 2.24) is 0 Å². The van der Waals surface area contributed by atoms with Crippen LogP contribution in [-0.4, -0.2) is 13.7 Å². The van der Waals surface area contributed by atoms with Crippen LogP contribution in [0.25, 0.3) is 31.7 Å². The standard InChI is InChI=1S/C29H34O2S2/c1-9-31-29(6,7)24-11-13-33-27(24)22-16-19-14-18(2)21(15-20(19)17-25(22)30-8)26-23(10-12-32-26)28(3,4)5/h10-17H,9H2,1-8H3. The zero-order valence-electron chi connectivity index (χ0n) is 21.0. The maximum atomic E-state index is 6.08. The smallest absolute Gasteiger partial charge is 0.128 e. The van der Waals surface area contributed by atoms with Gasteiger partial charge in [0.1, 0.15) is 5.75 Å². The molecule has 2 aromatic heterocycles. The molecule has 0 saturated heterocycles. The minimum Gasteiger partial charge on any atom is -0.496 e. The van der Waals surface area contributed by atoms with E-state index in [-0.39, 0.29) is 11.0 Å². The Bertz CT molecular complexity index is 1280. The molecule has 4 aromatic rings. The van der Waals surface area contributed by atoms with Gasteiger partial charge in [0.25, 0.3) is 0 Å². The molecule has 0 fully saturated rings. The van der Waals surface area contributed by atoms with Crippen molar-refractivity contribution in [3.63, 3.8) is 0 Å². The van der Waals surface area contributed by atoms with Gasteiger partial charge in [-0.05, 0) is 102 Å². The summed E-state index contributed by atoms with van der Waals surface area (Å²) in [5.41, 5.74) is 6.10. The Morgan fingerprint density at radius 1 is 0.788 bits per heavy atom. The molecule has 2 heterocycles. The van der Waals surface area contributed by atoms with Crippen LogP contribution in [0.4, 0.5) is 0 Å². The highest BCUT2D eigenvalue weighted by Gasteiger charge is 2.27. The second-order valence-electron chi connectivity index (χ2n) is 10.1. The Balaban J connectivity index is 1.89. The largest absolute Gasteiger partial charge is 0.496 e. The molecule has 0 saturated carbocycles. The number of thiophene rings is 2. The lowest BCUT2D eigenvalue weighted by Crippen LogP contribution is -2.21. The van der Waals surface area contributed by atoms with Crippen molar-refractivity contribution in [2.45, 2.75) is 59.5 Å². The number of fused-ring (bicyclic) bond motifs is 1. The molecular weight excluding hydrogens is 444 g/mol. The number of hydrogen-bond donors (Lipinski definition) is 0. The summed E-state index contributed by atoms with van der Waals surface area (Å²) in [6, 6.07) is 13.6. The third-order valence-corrected chi connectivity index (χ3v) is 8.18. The van der Waals surface area contributed by atoms with Crippen molar-refractivity contribution in [3.8, 4) is 26.6 Å². The fourth-order valence-electron chi connectivity index (χ4n) is 4.57. The van der Waals surface area contributed by atoms with E-state index in [1.807, 2.05) is 18.3 Å². The van der Waals surface area contributed by atoms with Crippen molar-refractivity contribution in [1.29, 1.82) is 0 Å². The maximum Gasteiger partial charge on any atom is 0.128 e. The highest BCUT2D eigenvalue weighted by Crippen LogP contribution is 2.45. The summed E-state index contributed by atoms with van der Waals surface area (Å²) in [5.74, 6) is 0.899. The van der Waals surface area contributed by atoms with Crippen molar-refractivity contribution >= 4 is 33.4 Å². The molecule has 0 spiro atoms. The lowest BCUT2D eigenvalue weighted by molar-refractivity contribution is -0.0133. The van der Waals surface area contributed by atoms with Gasteiger partial charge in [-0.2, -0.15) is 0 Å². The van der Waals surface area contributed by atoms with Crippen molar-refractivity contribution < 1.29 is 9.47 Å². The summed E-state index contributed by atoms with van der Waals surface area (Å²) in [5, 5.41) is 6.79. The molecule has 4 heteroatoms. The van der Waals surface area contributed by atoms with Gasteiger partial charge in [-0.1, -0.05) is 26.8 Å². The second kappa shape index (κ2) is 8.90. The van der Waals surface area contributed by atoms with Crippen LogP contribution >= 0.6 is 22.7 Å². The molecular formula is C29H34O2S2. The minimum absolute atomic E-state index is 0.112. The van der Waals surface area contributed by atoms with Gasteiger partial charge < -0.3 is 9.47 Å². The van der Waals surface area contributed by atoms with Gasteiger partial charge in [-0.15, -0.1) is 22.7 Å². The molecule has 0 radical (unpaired) electrons. The van der Waals surface area contributed by atoms with E-state index in [2.05, 4.69) is 88.7 Å². The highest BCUT2D eigenvalue weighted by molar-refractivity contribution is 7.14. The van der Waals surface area contributed by atoms with Crippen LogP contribution in [-0.2, 0) is 15.8 Å². The Morgan fingerprint density at radius 3 is 1.97 bits per heavy atom. The number of benzene rings is 2. The van der Waals surface area contributed by atoms with E-state index in [1.165, 1.54) is 42.8 Å². The van der Waals surface area contributed by atoms with Gasteiger partial charge >= 0.3 is 0 Å². The fourth-order valence-corrected chi connectivity index (χ4v) is 6.83. The average Bonchev–Trinajstić information content (AvgIpc) is 3.42. The van der Waals surface area contributed by atoms with Crippen LogP contribution < -0.4 is 4.74 Å². The van der Waals surface area contributed by atoms with E-state index >= 15 is 0 Å². The fraction of sp³-hybridized carbons (Fsp3) is 0.379. The first-order valence-electron chi connectivity index (χ1n) is 11.5. The van der Waals surface area contributed by atoms with E-state index in [0.717, 1.165) is 11.3 Å². The van der Waals surface area contributed by atoms with E-state index in [4.69, 9.17) is 9.47 Å². The molecule has 0 unspecified atom stereocenters. The first kappa shape index (κ1) is 24.0. The normalized spacial score (nSPS) is 12.5. The maximum absolute atomic E-state index is 6.08. The molecule has 0 bridgehead atoms. The number of ether oxygens (including phenoxy) is 2. The van der Waals surface area contributed by atoms with E-state index in [0.29, 0.717) is 6.61 Å². The summed E-state index contributed by atoms with van der Waals surface area (Å²) in [4.78, 5) is 2.58. The number of methoxy groups -OCH3 is 1. The zero-order valence-corrected chi connectivity index (χ0v) is 22.6. The van der Waals surface area contributed by atoms with Gasteiger partial charge in [0.15, 0.2) is 0 Å². The molecule has 2 nitrogen and oxygen atoms in total. The third-order valence-electron chi connectivity index (χ3n) is 6.28. The predicted molar refractivity (Wildman–Crippen MR) is 145 cm³/mol. The Hall–Kier alpha value is -2.14. The number of rotatable bonds is 6. The molecule has 174 valence electrons. The summed E-state index contributed by atoms with van der Waals surface area (Å²) in [6.45, 7) is 16.1. The molecule has 2 aromatic carbocycles. The first-order chi connectivity index (χ1) is 15.6. The minimum atomic E-state index is -0.355. The second-order valence-corrected chi connectivity index (χ2v) is 11.9. The van der Waals surface area contributed by atoms with Crippen molar-refractivity contribution in [2.24, 2.45) is 0 Å². The first-order valence-corrected chi connectivity index (χ1v) is 13.3. The average molecular weight is 479 g/mol. The highest BCUT2D eigenvalue weighted by atomic mass is 32.1. The molecule has 0 atom stereocenters. The summed E-state index contributed by atoms with van der Waals surface area (Å²) >= 11 is 3.57. The summed E-state index contributed by atoms with van der Waals surface area (Å²) in [6.07, 6.45) is 0. The van der Waals surface area contributed by atoms with Crippen molar-refractivity contribution in [3.05, 3.63) is 63.8 Å². The van der Waals surface area contributed by atoms with Crippen LogP contribution in [0.3, 0.4) is 0 Å². The quantitative estimate of drug-likeness (QED) is 0.275. The third kappa shape index (κ3) is 4.49. The lowest BCUT2D eigenvalue weighted by atomic mass is 9.85. The van der Waals surface area contributed by atoms with Gasteiger partial charge in [-0.25, -0.2) is 0 Å². The molecule has 0 aliphatic heterocycles. The van der Waals surface area contributed by atoms with Crippen molar-refractivity contribution in [2.75, 3.05) is 13.7 Å². The van der Waals surface area contributed by atoms with Crippen LogP contribution in [0.2, 0.25) is 0 Å². The SMILES string of the molecule is CCOC(C)(C)c1ccsc1-c1cc2cc(C)c(-c3sccc3C(C)(C)C)cc2cc1OC. The van der Waals surface area contributed by atoms with Crippen LogP contribution in [0.1, 0.15) is 58.2 Å². The van der Waals surface area contributed by atoms with E-state index in [1.54, 1.807) is 18.4 Å². The Kier molecular flexibility index (Phi) is 6.47. The van der Waals surface area contributed by atoms with Gasteiger partial charge in [-0.3, -0.25) is 0 Å². The van der Waals surface area contributed by atoms with E-state index in [9.17, 15) is 0 Å². The molecule has 0 aliphatic carbocycles. The number of aryl methyl sites for hydroxylation is 1. The summed E-state index contributed by atoms with van der Waals surface area (Å²) < 4.78 is 12.0. The number of hydrogen-bond acceptors (Lipinski definition) is 4. The van der Waals surface area contributed by atoms with Crippen LogP contribution in [0.15, 0.2) is 47.2 Å². The Morgan fingerprint density at radius 2 is 1.36 bits per heavy atom. The van der Waals surface area contributed by atoms with Gasteiger partial charge in [0.05, 0.1) is 12.7 Å². The van der Waals surface area contributed by atoms with Crippen LogP contribution in [0.5, 0.6) is 5.75 Å². The predicted octanol–water partition coefficient (Wildman–Crippen LogP) is 9.18. The monoisotopic (exact) mass is 478 g/mol. The Labute approximate surface area is 206 Å². The molecule has 4 rings (SSSR count). The summed E-state index contributed by atoms with van der Waals surface area (Å²) in [7, 11) is 1.76. The molecule has 0 amide bonds. The molecule has 33 heavy (non-hydrogen) atoms. The lowest BCUT2D eigenvalue weighted by Gasteiger charge is -2.26. The topological polar surface area (TPSA) is 18.5 Å². The molecule has 0 aliphatic rings.